The van der Waals surface area contributed by atoms with Gasteiger partial charge in [0.1, 0.15) is 6.10 Å². The first-order chi connectivity index (χ1) is 9.17. The molecule has 1 aliphatic carbocycles. The summed E-state index contributed by atoms with van der Waals surface area (Å²) in [6.07, 6.45) is 6.19. The molecule has 0 radical (unpaired) electrons. The van der Waals surface area contributed by atoms with Gasteiger partial charge in [0, 0.05) is 12.5 Å². The molecule has 1 saturated carbocycles. The fraction of sp³-hybridized carbons (Fsp3) is 0.571. The number of rotatable bonds is 4. The van der Waals surface area contributed by atoms with Crippen molar-refractivity contribution in [2.24, 2.45) is 5.92 Å². The molecule has 2 N–H and O–H groups in total. The van der Waals surface area contributed by atoms with E-state index in [0.29, 0.717) is 23.9 Å². The topological polar surface area (TPSA) is 74.4 Å². The first-order valence-electron chi connectivity index (χ1n) is 6.62. The Labute approximate surface area is 113 Å². The standard InChI is InChI=1S/C14H20N2O3/c1-18-14(17)8-10-2-5-12(6-3-10)19-13-7-4-11(15)9-16-13/h4,7,9-10,12H,2-3,5-6,8,15H2,1H3. The van der Waals surface area contributed by atoms with Gasteiger partial charge >= 0.3 is 5.97 Å². The normalized spacial score (nSPS) is 22.8. The van der Waals surface area contributed by atoms with Crippen LogP contribution in [0.5, 0.6) is 5.88 Å². The second kappa shape index (κ2) is 6.41. The van der Waals surface area contributed by atoms with Crippen LogP contribution in [0.3, 0.4) is 0 Å². The third-order valence-electron chi connectivity index (χ3n) is 3.52. The number of carbonyl (C=O) groups excluding carboxylic acids is 1. The molecule has 0 aromatic carbocycles. The zero-order chi connectivity index (χ0) is 13.7. The molecule has 19 heavy (non-hydrogen) atoms. The molecule has 1 heterocycles. The molecule has 0 saturated heterocycles. The van der Waals surface area contributed by atoms with Gasteiger partial charge in [0.25, 0.3) is 0 Å². The maximum absolute atomic E-state index is 11.2. The van der Waals surface area contributed by atoms with Gasteiger partial charge in [-0.1, -0.05) is 0 Å². The minimum absolute atomic E-state index is 0.121. The molecular weight excluding hydrogens is 244 g/mol. The van der Waals surface area contributed by atoms with E-state index in [4.69, 9.17) is 15.2 Å². The monoisotopic (exact) mass is 264 g/mol. The van der Waals surface area contributed by atoms with Crippen molar-refractivity contribution in [3.63, 3.8) is 0 Å². The summed E-state index contributed by atoms with van der Waals surface area (Å²) < 4.78 is 10.5. The van der Waals surface area contributed by atoms with Crippen LogP contribution in [0.15, 0.2) is 18.3 Å². The van der Waals surface area contributed by atoms with Crippen LogP contribution < -0.4 is 10.5 Å². The van der Waals surface area contributed by atoms with Crippen LogP contribution in [0.1, 0.15) is 32.1 Å². The molecule has 0 unspecified atom stereocenters. The number of methoxy groups -OCH3 is 1. The molecule has 0 spiro atoms. The highest BCUT2D eigenvalue weighted by Gasteiger charge is 2.24. The van der Waals surface area contributed by atoms with Gasteiger partial charge in [-0.2, -0.15) is 0 Å². The Balaban J connectivity index is 1.77. The van der Waals surface area contributed by atoms with E-state index in [1.54, 1.807) is 18.3 Å². The number of carbonyl (C=O) groups is 1. The van der Waals surface area contributed by atoms with Crippen molar-refractivity contribution >= 4 is 11.7 Å². The molecule has 104 valence electrons. The van der Waals surface area contributed by atoms with Gasteiger partial charge in [-0.15, -0.1) is 0 Å². The van der Waals surface area contributed by atoms with Crippen LogP contribution in [0.25, 0.3) is 0 Å². The van der Waals surface area contributed by atoms with Crippen molar-refractivity contribution in [2.75, 3.05) is 12.8 Å². The summed E-state index contributed by atoms with van der Waals surface area (Å²) in [5.74, 6) is 0.918. The van der Waals surface area contributed by atoms with E-state index in [9.17, 15) is 4.79 Å². The van der Waals surface area contributed by atoms with Gasteiger partial charge in [0.2, 0.25) is 5.88 Å². The summed E-state index contributed by atoms with van der Waals surface area (Å²) in [6.45, 7) is 0. The number of hydrogen-bond donors (Lipinski definition) is 1. The van der Waals surface area contributed by atoms with E-state index >= 15 is 0 Å². The van der Waals surface area contributed by atoms with Gasteiger partial charge in [0.05, 0.1) is 19.0 Å². The minimum atomic E-state index is -0.121. The van der Waals surface area contributed by atoms with E-state index in [1.807, 2.05) is 0 Å². The van der Waals surface area contributed by atoms with E-state index < -0.39 is 0 Å². The summed E-state index contributed by atoms with van der Waals surface area (Å²) in [4.78, 5) is 15.3. The summed E-state index contributed by atoms with van der Waals surface area (Å²) in [5.41, 5.74) is 6.21. The van der Waals surface area contributed by atoms with Gasteiger partial charge in [-0.05, 0) is 37.7 Å². The average Bonchev–Trinajstić information content (AvgIpc) is 2.43. The van der Waals surface area contributed by atoms with Crippen molar-refractivity contribution in [2.45, 2.75) is 38.2 Å². The molecule has 0 amide bonds. The predicted octanol–water partition coefficient (Wildman–Crippen LogP) is 2.16. The van der Waals surface area contributed by atoms with E-state index in [0.717, 1.165) is 25.7 Å². The molecule has 5 nitrogen and oxygen atoms in total. The zero-order valence-corrected chi connectivity index (χ0v) is 11.2. The highest BCUT2D eigenvalue weighted by molar-refractivity contribution is 5.69. The first-order valence-corrected chi connectivity index (χ1v) is 6.62. The Morgan fingerprint density at radius 1 is 1.37 bits per heavy atom. The van der Waals surface area contributed by atoms with Gasteiger partial charge < -0.3 is 15.2 Å². The molecule has 1 aliphatic rings. The Bertz CT molecular complexity index is 411. The van der Waals surface area contributed by atoms with Crippen LogP contribution >= 0.6 is 0 Å². The Hall–Kier alpha value is -1.78. The average molecular weight is 264 g/mol. The lowest BCUT2D eigenvalue weighted by atomic mass is 9.85. The number of esters is 1. The summed E-state index contributed by atoms with van der Waals surface area (Å²) in [7, 11) is 1.43. The highest BCUT2D eigenvalue weighted by Crippen LogP contribution is 2.29. The molecule has 5 heteroatoms. The number of aromatic nitrogens is 1. The largest absolute Gasteiger partial charge is 0.474 e. The third-order valence-corrected chi connectivity index (χ3v) is 3.52. The van der Waals surface area contributed by atoms with Crippen molar-refractivity contribution in [3.8, 4) is 5.88 Å². The maximum atomic E-state index is 11.2. The summed E-state index contributed by atoms with van der Waals surface area (Å²) in [6, 6.07) is 3.57. The van der Waals surface area contributed by atoms with Crippen LogP contribution in [0.2, 0.25) is 0 Å². The van der Waals surface area contributed by atoms with Crippen molar-refractivity contribution in [1.29, 1.82) is 0 Å². The van der Waals surface area contributed by atoms with Crippen molar-refractivity contribution in [3.05, 3.63) is 18.3 Å². The smallest absolute Gasteiger partial charge is 0.305 e. The molecule has 0 aliphatic heterocycles. The number of anilines is 1. The lowest BCUT2D eigenvalue weighted by Crippen LogP contribution is -2.25. The molecular formula is C14H20N2O3. The second-order valence-electron chi connectivity index (χ2n) is 4.97. The van der Waals surface area contributed by atoms with E-state index in [1.165, 1.54) is 7.11 Å². The summed E-state index contributed by atoms with van der Waals surface area (Å²) >= 11 is 0. The quantitative estimate of drug-likeness (QED) is 0.843. The number of nitrogen functional groups attached to an aromatic ring is 1. The number of nitrogens with zero attached hydrogens (tertiary/aromatic N) is 1. The lowest BCUT2D eigenvalue weighted by molar-refractivity contribution is -0.142. The van der Waals surface area contributed by atoms with Crippen LogP contribution in [0, 0.1) is 5.92 Å². The van der Waals surface area contributed by atoms with Crippen molar-refractivity contribution in [1.82, 2.24) is 4.98 Å². The van der Waals surface area contributed by atoms with Crippen LogP contribution in [0.4, 0.5) is 5.69 Å². The van der Waals surface area contributed by atoms with Gasteiger partial charge in [0.15, 0.2) is 0 Å². The minimum Gasteiger partial charge on any atom is -0.474 e. The summed E-state index contributed by atoms with van der Waals surface area (Å²) in [5, 5.41) is 0. The fourth-order valence-corrected chi connectivity index (χ4v) is 2.41. The zero-order valence-electron chi connectivity index (χ0n) is 11.2. The lowest BCUT2D eigenvalue weighted by Gasteiger charge is -2.28. The number of hydrogen-bond acceptors (Lipinski definition) is 5. The maximum Gasteiger partial charge on any atom is 0.305 e. The third kappa shape index (κ3) is 4.12. The van der Waals surface area contributed by atoms with Crippen molar-refractivity contribution < 1.29 is 14.3 Å². The van der Waals surface area contributed by atoms with Crippen LogP contribution in [-0.4, -0.2) is 24.2 Å². The van der Waals surface area contributed by atoms with Gasteiger partial charge in [-0.3, -0.25) is 4.79 Å². The molecule has 0 bridgehead atoms. The highest BCUT2D eigenvalue weighted by atomic mass is 16.5. The van der Waals surface area contributed by atoms with E-state index in [2.05, 4.69) is 4.98 Å². The molecule has 1 aromatic rings. The molecule has 1 aromatic heterocycles. The molecule has 1 fully saturated rings. The first kappa shape index (κ1) is 13.6. The predicted molar refractivity (Wildman–Crippen MR) is 71.7 cm³/mol. The SMILES string of the molecule is COC(=O)CC1CCC(Oc2ccc(N)cn2)CC1. The Kier molecular flexibility index (Phi) is 4.60. The van der Waals surface area contributed by atoms with Gasteiger partial charge in [-0.25, -0.2) is 4.98 Å². The molecule has 0 atom stereocenters. The number of ether oxygens (including phenoxy) is 2. The Morgan fingerprint density at radius 3 is 2.68 bits per heavy atom. The number of nitrogens with two attached hydrogens (primary N) is 1. The fourth-order valence-electron chi connectivity index (χ4n) is 2.41. The number of pyridine rings is 1. The van der Waals surface area contributed by atoms with E-state index in [-0.39, 0.29) is 12.1 Å². The van der Waals surface area contributed by atoms with Crippen LogP contribution in [-0.2, 0) is 9.53 Å². The second-order valence-corrected chi connectivity index (χ2v) is 4.97. The molecule has 2 rings (SSSR count). The Morgan fingerprint density at radius 2 is 2.11 bits per heavy atom.